The quantitative estimate of drug-likeness (QED) is 0.255. The van der Waals surface area contributed by atoms with Crippen molar-refractivity contribution in [2.75, 3.05) is 0 Å². The van der Waals surface area contributed by atoms with Gasteiger partial charge in [-0.25, -0.2) is 33.5 Å². The summed E-state index contributed by atoms with van der Waals surface area (Å²) in [7, 11) is 1.09. The molecule has 0 saturated heterocycles. The standard InChI is InChI=1S/C12H18B2N6O9S/c1-5(2)28-8(23)16-14-19-10(25)18(13-15-7(21)22)11(26)20(12(19)27)30-17-9(24)29-6(3)4/h5-6,15H,1-4H3,(H,16,23)(H,17,24)(H,21,22). The van der Waals surface area contributed by atoms with Gasteiger partial charge in [0.2, 0.25) is 0 Å². The normalized spacial score (nSPS) is 10.3. The van der Waals surface area contributed by atoms with Gasteiger partial charge < -0.3 is 25.0 Å². The number of amides is 3. The van der Waals surface area contributed by atoms with Crippen LogP contribution < -0.4 is 32.2 Å². The average Bonchev–Trinajstić information content (AvgIpc) is 2.59. The zero-order chi connectivity index (χ0) is 23.0. The van der Waals surface area contributed by atoms with Crippen LogP contribution >= 0.6 is 12.1 Å². The highest BCUT2D eigenvalue weighted by Gasteiger charge is 2.20. The Labute approximate surface area is 174 Å². The Hall–Kier alpha value is -3.30. The number of carbonyl (C=O) groups is 3. The van der Waals surface area contributed by atoms with Crippen LogP contribution in [0, 0.1) is 0 Å². The number of hydrogen-bond donors (Lipinski definition) is 4. The maximum Gasteiger partial charge on any atom is 0.418 e. The van der Waals surface area contributed by atoms with Gasteiger partial charge in [-0.05, 0) is 27.7 Å². The number of nitrogens with zero attached hydrogens (tertiary/aromatic N) is 3. The van der Waals surface area contributed by atoms with Gasteiger partial charge >= 0.3 is 50.4 Å². The molecule has 0 spiro atoms. The lowest BCUT2D eigenvalue weighted by atomic mass is 10.1. The van der Waals surface area contributed by atoms with Crippen molar-refractivity contribution < 1.29 is 29.0 Å². The van der Waals surface area contributed by atoms with Crippen LogP contribution in [-0.4, -0.2) is 63.6 Å². The third-order valence-corrected chi connectivity index (χ3v) is 3.46. The molecule has 4 N–H and O–H groups in total. The number of carbonyl (C=O) groups excluding carboxylic acids is 2. The Kier molecular flexibility index (Phi) is 9.10. The van der Waals surface area contributed by atoms with Crippen molar-refractivity contribution in [1.82, 2.24) is 28.1 Å². The molecule has 1 heterocycles. The van der Waals surface area contributed by atoms with E-state index < -0.39 is 47.6 Å². The summed E-state index contributed by atoms with van der Waals surface area (Å²) in [5.74, 6) is 0. The fourth-order valence-electron chi connectivity index (χ4n) is 1.66. The van der Waals surface area contributed by atoms with Crippen LogP contribution in [0.1, 0.15) is 27.7 Å². The lowest BCUT2D eigenvalue weighted by molar-refractivity contribution is 0.120. The monoisotopic (exact) mass is 444 g/mol. The number of rotatable bonds is 8. The first kappa shape index (κ1) is 24.7. The molecular formula is C12H18B2N6O9S. The molecule has 0 atom stereocenters. The van der Waals surface area contributed by atoms with Crippen molar-refractivity contribution in [2.45, 2.75) is 39.9 Å². The van der Waals surface area contributed by atoms with Crippen molar-refractivity contribution in [3.05, 3.63) is 31.5 Å². The first-order chi connectivity index (χ1) is 13.9. The van der Waals surface area contributed by atoms with Crippen LogP contribution in [0.4, 0.5) is 14.4 Å². The molecular weight excluding hydrogens is 426 g/mol. The molecule has 18 heteroatoms. The van der Waals surface area contributed by atoms with E-state index in [9.17, 15) is 28.8 Å². The summed E-state index contributed by atoms with van der Waals surface area (Å²) in [6, 6.07) is 0. The van der Waals surface area contributed by atoms with Crippen LogP contribution in [-0.2, 0) is 9.47 Å². The number of ether oxygens (including phenoxy) is 2. The van der Waals surface area contributed by atoms with Crippen molar-refractivity contribution in [2.24, 2.45) is 0 Å². The molecule has 0 saturated carbocycles. The van der Waals surface area contributed by atoms with Gasteiger partial charge in [0.15, 0.2) is 0 Å². The number of hydrogen-bond acceptors (Lipinski definition) is 9. The van der Waals surface area contributed by atoms with Gasteiger partial charge in [0.1, 0.15) is 0 Å². The van der Waals surface area contributed by atoms with Gasteiger partial charge in [-0.2, -0.15) is 3.97 Å². The Bertz CT molecular complexity index is 908. The summed E-state index contributed by atoms with van der Waals surface area (Å²) in [4.78, 5) is 71.1. The maximum atomic E-state index is 12.5. The Morgan fingerprint density at radius 3 is 1.80 bits per heavy atom. The Balaban J connectivity index is 3.29. The first-order valence-electron chi connectivity index (χ1n) is 8.21. The van der Waals surface area contributed by atoms with Crippen LogP contribution in [0.3, 0.4) is 0 Å². The predicted octanol–water partition coefficient (Wildman–Crippen LogP) is -2.12. The van der Waals surface area contributed by atoms with Crippen molar-refractivity contribution in [3.8, 4) is 0 Å². The molecule has 15 nitrogen and oxygen atoms in total. The molecule has 2 radical (unpaired) electrons. The van der Waals surface area contributed by atoms with Gasteiger partial charge in [-0.1, -0.05) is 0 Å². The average molecular weight is 444 g/mol. The van der Waals surface area contributed by atoms with Crippen molar-refractivity contribution >= 4 is 45.5 Å². The summed E-state index contributed by atoms with van der Waals surface area (Å²) in [5.41, 5.74) is -3.89. The molecule has 162 valence electrons. The molecule has 1 rings (SSSR count). The molecule has 1 aromatic heterocycles. The lowest BCUT2D eigenvalue weighted by Gasteiger charge is -2.13. The highest BCUT2D eigenvalue weighted by atomic mass is 32.2. The summed E-state index contributed by atoms with van der Waals surface area (Å²) in [6.45, 7) is 6.24. The van der Waals surface area contributed by atoms with Gasteiger partial charge in [-0.3, -0.25) is 8.96 Å². The highest BCUT2D eigenvalue weighted by molar-refractivity contribution is 7.96. The van der Waals surface area contributed by atoms with Crippen LogP contribution in [0.25, 0.3) is 0 Å². The van der Waals surface area contributed by atoms with Gasteiger partial charge in [-0.15, -0.1) is 0 Å². The largest absolute Gasteiger partial charge is 0.466 e. The van der Waals surface area contributed by atoms with Gasteiger partial charge in [0.05, 0.1) is 24.3 Å². The highest BCUT2D eigenvalue weighted by Crippen LogP contribution is 1.95. The van der Waals surface area contributed by atoms with E-state index >= 15 is 0 Å². The van der Waals surface area contributed by atoms with E-state index in [0.29, 0.717) is 19.1 Å². The predicted molar refractivity (Wildman–Crippen MR) is 105 cm³/mol. The molecule has 30 heavy (non-hydrogen) atoms. The maximum absolute atomic E-state index is 12.5. The third kappa shape index (κ3) is 7.26. The summed E-state index contributed by atoms with van der Waals surface area (Å²) < 4.78 is 12.4. The van der Waals surface area contributed by atoms with E-state index in [1.807, 2.05) is 5.23 Å². The Morgan fingerprint density at radius 2 is 1.33 bits per heavy atom. The second-order valence-electron chi connectivity index (χ2n) is 5.84. The van der Waals surface area contributed by atoms with Crippen molar-refractivity contribution in [1.29, 1.82) is 0 Å². The fraction of sp³-hybridized carbons (Fsp3) is 0.500. The topological polar surface area (TPSA) is 192 Å². The van der Waals surface area contributed by atoms with Crippen LogP contribution in [0.2, 0.25) is 0 Å². The van der Waals surface area contributed by atoms with E-state index in [2.05, 4.69) is 4.72 Å². The van der Waals surface area contributed by atoms with Crippen LogP contribution in [0.5, 0.6) is 0 Å². The smallest absolute Gasteiger partial charge is 0.418 e. The molecule has 0 fully saturated rings. The molecule has 3 amide bonds. The second-order valence-corrected chi connectivity index (χ2v) is 6.59. The number of aromatic nitrogens is 3. The first-order valence-corrected chi connectivity index (χ1v) is 8.98. The molecule has 0 bridgehead atoms. The molecule has 0 aromatic carbocycles. The number of carboxylic acid groups (broad SMARTS) is 1. The molecule has 0 aliphatic rings. The summed E-state index contributed by atoms with van der Waals surface area (Å²) in [5, 5.41) is 12.4. The van der Waals surface area contributed by atoms with Gasteiger partial charge in [0, 0.05) is 0 Å². The number of nitrogens with one attached hydrogen (secondary N) is 3. The minimum atomic E-state index is -1.60. The minimum absolute atomic E-state index is 0.167. The molecule has 1 aromatic rings. The lowest BCUT2D eigenvalue weighted by Crippen LogP contribution is -2.60. The third-order valence-electron chi connectivity index (χ3n) is 2.71. The second kappa shape index (κ2) is 11.0. The van der Waals surface area contributed by atoms with E-state index in [4.69, 9.17) is 14.6 Å². The van der Waals surface area contributed by atoms with E-state index in [1.54, 1.807) is 32.9 Å². The SMILES string of the molecule is CC(C)OC(=O)N[B]n1c(=O)n([B]NC(=O)O)c(=O)n(SNC(=O)OC(C)C)c1=O. The van der Waals surface area contributed by atoms with E-state index in [1.165, 1.54) is 0 Å². The zero-order valence-electron chi connectivity index (χ0n) is 16.3. The molecule has 0 aliphatic heterocycles. The summed E-state index contributed by atoms with van der Waals surface area (Å²) >= 11 is 0.167. The van der Waals surface area contributed by atoms with Gasteiger partial charge in [0.25, 0.3) is 0 Å². The van der Waals surface area contributed by atoms with E-state index in [0.717, 1.165) is 0 Å². The summed E-state index contributed by atoms with van der Waals surface area (Å²) in [6.07, 6.45) is -4.58. The minimum Gasteiger partial charge on any atom is -0.466 e. The van der Waals surface area contributed by atoms with E-state index in [-0.39, 0.29) is 21.1 Å². The van der Waals surface area contributed by atoms with Crippen molar-refractivity contribution in [3.63, 3.8) is 0 Å². The zero-order valence-corrected chi connectivity index (χ0v) is 17.1. The fourth-order valence-corrected chi connectivity index (χ4v) is 2.21. The Morgan fingerprint density at radius 1 is 0.867 bits per heavy atom. The molecule has 0 aliphatic carbocycles. The van der Waals surface area contributed by atoms with Crippen LogP contribution in [0.15, 0.2) is 14.4 Å². The molecule has 0 unspecified atom stereocenters.